The van der Waals surface area contributed by atoms with Crippen LogP contribution in [0.5, 0.6) is 0 Å². The molecule has 0 N–H and O–H groups in total. The normalized spacial score (nSPS) is 15.4. The van der Waals surface area contributed by atoms with E-state index in [2.05, 4.69) is 9.55 Å². The van der Waals surface area contributed by atoms with Crippen molar-refractivity contribution in [3.63, 3.8) is 0 Å². The Morgan fingerprint density at radius 1 is 1.39 bits per heavy atom. The topological polar surface area (TPSA) is 17.8 Å². The summed E-state index contributed by atoms with van der Waals surface area (Å²) in [7, 11) is 0. The molecule has 96 valence electrons. The number of hydrogen-bond acceptors (Lipinski definition) is 1. The summed E-state index contributed by atoms with van der Waals surface area (Å²) in [4.78, 5) is 4.50. The Labute approximate surface area is 111 Å². The van der Waals surface area contributed by atoms with Crippen molar-refractivity contribution in [2.45, 2.75) is 32.2 Å². The molecule has 1 aromatic carbocycles. The van der Waals surface area contributed by atoms with E-state index in [9.17, 15) is 4.39 Å². The third-order valence-electron chi connectivity index (χ3n) is 3.57. The fraction of sp³-hybridized carbons (Fsp3) is 0.500. The smallest absolute Gasteiger partial charge is 0.125 e. The Bertz CT molecular complexity index is 560. The number of alkyl halides is 1. The fourth-order valence-electron chi connectivity index (χ4n) is 2.40. The van der Waals surface area contributed by atoms with Gasteiger partial charge in [-0.2, -0.15) is 0 Å². The average Bonchev–Trinajstić information content (AvgIpc) is 3.10. The van der Waals surface area contributed by atoms with Crippen molar-refractivity contribution in [1.82, 2.24) is 9.55 Å². The summed E-state index contributed by atoms with van der Waals surface area (Å²) in [5, 5.41) is 0. The Hall–Kier alpha value is -1.09. The summed E-state index contributed by atoms with van der Waals surface area (Å²) in [5.41, 5.74) is 1.77. The van der Waals surface area contributed by atoms with Gasteiger partial charge in [-0.05, 0) is 24.5 Å². The van der Waals surface area contributed by atoms with Gasteiger partial charge in [0.05, 0.1) is 11.0 Å². The predicted molar refractivity (Wildman–Crippen MR) is 71.5 cm³/mol. The highest BCUT2D eigenvalue weighted by molar-refractivity contribution is 6.17. The van der Waals surface area contributed by atoms with Crippen molar-refractivity contribution in [3.05, 3.63) is 29.8 Å². The van der Waals surface area contributed by atoms with Crippen LogP contribution in [0.4, 0.5) is 4.39 Å². The second-order valence-corrected chi connectivity index (χ2v) is 5.36. The largest absolute Gasteiger partial charge is 0.328 e. The number of aryl methyl sites for hydroxylation is 2. The number of benzene rings is 1. The molecule has 1 saturated carbocycles. The van der Waals surface area contributed by atoms with Crippen LogP contribution >= 0.6 is 11.6 Å². The van der Waals surface area contributed by atoms with Crippen LogP contribution in [0, 0.1) is 11.7 Å². The summed E-state index contributed by atoms with van der Waals surface area (Å²) in [6.45, 7) is 0.971. The summed E-state index contributed by atoms with van der Waals surface area (Å²) in [6, 6.07) is 4.82. The molecule has 0 saturated heterocycles. The van der Waals surface area contributed by atoms with Crippen LogP contribution < -0.4 is 0 Å². The van der Waals surface area contributed by atoms with Crippen LogP contribution in [-0.2, 0) is 13.0 Å². The van der Waals surface area contributed by atoms with Gasteiger partial charge in [0.15, 0.2) is 0 Å². The minimum atomic E-state index is -0.230. The van der Waals surface area contributed by atoms with Crippen molar-refractivity contribution < 1.29 is 4.39 Å². The molecule has 1 heterocycles. The van der Waals surface area contributed by atoms with E-state index < -0.39 is 0 Å². The molecule has 0 bridgehead atoms. The zero-order valence-corrected chi connectivity index (χ0v) is 11.0. The minimum Gasteiger partial charge on any atom is -0.328 e. The molecule has 0 unspecified atom stereocenters. The van der Waals surface area contributed by atoms with E-state index in [1.807, 2.05) is 6.07 Å². The zero-order chi connectivity index (χ0) is 12.5. The maximum Gasteiger partial charge on any atom is 0.125 e. The molecule has 2 nitrogen and oxygen atoms in total. The van der Waals surface area contributed by atoms with Crippen molar-refractivity contribution in [1.29, 1.82) is 0 Å². The number of hydrogen-bond donors (Lipinski definition) is 0. The van der Waals surface area contributed by atoms with Crippen LogP contribution in [0.1, 0.15) is 25.1 Å². The summed E-state index contributed by atoms with van der Waals surface area (Å²) in [5.74, 6) is 2.18. The monoisotopic (exact) mass is 266 g/mol. The fourth-order valence-corrected chi connectivity index (χ4v) is 2.56. The lowest BCUT2D eigenvalue weighted by molar-refractivity contribution is 0.588. The molecule has 0 amide bonds. The SMILES string of the molecule is Fc1ccc2c(c1)nc(CCCl)n2CCC1CC1. The highest BCUT2D eigenvalue weighted by Gasteiger charge is 2.21. The first-order valence-electron chi connectivity index (χ1n) is 6.48. The Kier molecular flexibility index (Phi) is 3.25. The van der Waals surface area contributed by atoms with Gasteiger partial charge in [-0.25, -0.2) is 9.37 Å². The second kappa shape index (κ2) is 4.88. The van der Waals surface area contributed by atoms with Crippen LogP contribution in [0.15, 0.2) is 18.2 Å². The lowest BCUT2D eigenvalue weighted by Crippen LogP contribution is -2.05. The highest BCUT2D eigenvalue weighted by Crippen LogP contribution is 2.33. The van der Waals surface area contributed by atoms with Gasteiger partial charge in [0, 0.05) is 24.9 Å². The van der Waals surface area contributed by atoms with Gasteiger partial charge in [-0.3, -0.25) is 0 Å². The number of fused-ring (bicyclic) bond motifs is 1. The van der Waals surface area contributed by atoms with Gasteiger partial charge in [0.1, 0.15) is 11.6 Å². The van der Waals surface area contributed by atoms with E-state index in [-0.39, 0.29) is 5.82 Å². The third kappa shape index (κ3) is 2.37. The van der Waals surface area contributed by atoms with Crippen molar-refractivity contribution >= 4 is 22.6 Å². The molecule has 1 aromatic heterocycles. The average molecular weight is 267 g/mol. The molecule has 1 fully saturated rings. The molecule has 0 aliphatic heterocycles. The van der Waals surface area contributed by atoms with Crippen LogP contribution in [-0.4, -0.2) is 15.4 Å². The van der Waals surface area contributed by atoms with E-state index in [4.69, 9.17) is 11.6 Å². The van der Waals surface area contributed by atoms with Crippen molar-refractivity contribution in [2.24, 2.45) is 5.92 Å². The van der Waals surface area contributed by atoms with Crippen molar-refractivity contribution in [2.75, 3.05) is 5.88 Å². The number of aromatic nitrogens is 2. The Balaban J connectivity index is 1.97. The molecule has 2 aromatic rings. The standard InChI is InChI=1S/C14H16ClFN2/c15-7-5-14-17-12-9-11(16)3-4-13(12)18(14)8-6-10-1-2-10/h3-4,9-10H,1-2,5-8H2. The van der Waals surface area contributed by atoms with Gasteiger partial charge in [-0.15, -0.1) is 11.6 Å². The first-order valence-corrected chi connectivity index (χ1v) is 7.02. The molecule has 1 aliphatic rings. The molecule has 4 heteroatoms. The maximum absolute atomic E-state index is 13.2. The Morgan fingerprint density at radius 3 is 2.94 bits per heavy atom. The van der Waals surface area contributed by atoms with Gasteiger partial charge in [-0.1, -0.05) is 12.8 Å². The van der Waals surface area contributed by atoms with E-state index in [0.717, 1.165) is 35.7 Å². The lowest BCUT2D eigenvalue weighted by atomic mass is 10.2. The molecule has 1 aliphatic carbocycles. The lowest BCUT2D eigenvalue weighted by Gasteiger charge is -2.07. The third-order valence-corrected chi connectivity index (χ3v) is 3.75. The van der Waals surface area contributed by atoms with Gasteiger partial charge >= 0.3 is 0 Å². The van der Waals surface area contributed by atoms with E-state index >= 15 is 0 Å². The summed E-state index contributed by atoms with van der Waals surface area (Å²) in [6.07, 6.45) is 4.64. The first kappa shape index (κ1) is 12.0. The number of rotatable bonds is 5. The van der Waals surface area contributed by atoms with Gasteiger partial charge in [0.2, 0.25) is 0 Å². The molecule has 0 spiro atoms. The van der Waals surface area contributed by atoms with Crippen LogP contribution in [0.25, 0.3) is 11.0 Å². The van der Waals surface area contributed by atoms with Gasteiger partial charge in [0.25, 0.3) is 0 Å². The van der Waals surface area contributed by atoms with E-state index in [1.54, 1.807) is 0 Å². The molecule has 18 heavy (non-hydrogen) atoms. The molecule has 0 radical (unpaired) electrons. The van der Waals surface area contributed by atoms with Crippen molar-refractivity contribution in [3.8, 4) is 0 Å². The summed E-state index contributed by atoms with van der Waals surface area (Å²) >= 11 is 5.81. The molecule has 0 atom stereocenters. The Morgan fingerprint density at radius 2 is 2.22 bits per heavy atom. The van der Waals surface area contributed by atoms with E-state index in [0.29, 0.717) is 5.88 Å². The number of nitrogens with zero attached hydrogens (tertiary/aromatic N) is 2. The molecular formula is C14H16ClFN2. The van der Waals surface area contributed by atoms with Crippen LogP contribution in [0.2, 0.25) is 0 Å². The predicted octanol–water partition coefficient (Wildman–Crippen LogP) is 3.76. The first-order chi connectivity index (χ1) is 8.78. The minimum absolute atomic E-state index is 0.230. The highest BCUT2D eigenvalue weighted by atomic mass is 35.5. The number of imidazole rings is 1. The maximum atomic E-state index is 13.2. The van der Waals surface area contributed by atoms with Gasteiger partial charge < -0.3 is 4.57 Å². The summed E-state index contributed by atoms with van der Waals surface area (Å²) < 4.78 is 15.4. The molecular weight excluding hydrogens is 251 g/mol. The van der Waals surface area contributed by atoms with Crippen LogP contribution in [0.3, 0.4) is 0 Å². The molecule has 3 rings (SSSR count). The second-order valence-electron chi connectivity index (χ2n) is 4.98. The van der Waals surface area contributed by atoms with E-state index in [1.165, 1.54) is 31.4 Å². The number of halogens is 2. The quantitative estimate of drug-likeness (QED) is 0.754. The zero-order valence-electron chi connectivity index (χ0n) is 10.2.